The van der Waals surface area contributed by atoms with Crippen molar-refractivity contribution in [3.63, 3.8) is 0 Å². The first-order valence-corrected chi connectivity index (χ1v) is 11.5. The van der Waals surface area contributed by atoms with Gasteiger partial charge in [-0.25, -0.2) is 4.98 Å². The topological polar surface area (TPSA) is 91.7 Å². The van der Waals surface area contributed by atoms with E-state index < -0.39 is 0 Å². The molecule has 0 atom stereocenters. The number of methoxy groups -OCH3 is 1. The van der Waals surface area contributed by atoms with Crippen molar-refractivity contribution in [3.05, 3.63) is 76.6 Å². The molecule has 172 valence electrons. The number of anilines is 1. The number of hydrogen-bond acceptors (Lipinski definition) is 7. The van der Waals surface area contributed by atoms with E-state index in [4.69, 9.17) is 19.2 Å². The quantitative estimate of drug-likeness (QED) is 0.331. The molecule has 1 amide bonds. The Labute approximate surface area is 199 Å². The number of aromatic nitrogens is 2. The Morgan fingerprint density at radius 2 is 1.94 bits per heavy atom. The maximum atomic E-state index is 13.5. The Bertz CT molecular complexity index is 1470. The van der Waals surface area contributed by atoms with Crippen LogP contribution in [-0.2, 0) is 4.79 Å². The summed E-state index contributed by atoms with van der Waals surface area (Å²) in [6, 6.07) is 18.0. The highest BCUT2D eigenvalue weighted by atomic mass is 32.2. The van der Waals surface area contributed by atoms with Crippen LogP contribution in [0.5, 0.6) is 17.2 Å². The molecule has 0 spiro atoms. The summed E-state index contributed by atoms with van der Waals surface area (Å²) in [5.74, 6) is 1.57. The summed E-state index contributed by atoms with van der Waals surface area (Å²) < 4.78 is 17.7. The molecule has 3 aromatic carbocycles. The Balaban J connectivity index is 1.48. The van der Waals surface area contributed by atoms with E-state index in [0.29, 0.717) is 44.7 Å². The van der Waals surface area contributed by atoms with Gasteiger partial charge in [0.05, 0.1) is 29.5 Å². The Morgan fingerprint density at radius 3 is 2.79 bits per heavy atom. The van der Waals surface area contributed by atoms with Crippen LogP contribution < -0.4 is 25.1 Å². The van der Waals surface area contributed by atoms with Gasteiger partial charge in [0.25, 0.3) is 5.56 Å². The number of thioether (sulfide) groups is 1. The number of ether oxygens (including phenoxy) is 3. The summed E-state index contributed by atoms with van der Waals surface area (Å²) >= 11 is 1.18. The van der Waals surface area contributed by atoms with Gasteiger partial charge >= 0.3 is 0 Å². The molecule has 0 saturated heterocycles. The van der Waals surface area contributed by atoms with Crippen LogP contribution in [0, 0.1) is 6.92 Å². The highest BCUT2D eigenvalue weighted by molar-refractivity contribution is 7.99. The van der Waals surface area contributed by atoms with Gasteiger partial charge in [0.2, 0.25) is 12.7 Å². The molecule has 0 radical (unpaired) electrons. The monoisotopic (exact) mass is 475 g/mol. The zero-order valence-electron chi connectivity index (χ0n) is 18.5. The molecule has 0 bridgehead atoms. The zero-order chi connectivity index (χ0) is 23.7. The molecule has 1 aromatic heterocycles. The fraction of sp³-hybridized carbons (Fsp3) is 0.160. The molecular formula is C25H21N3O5S. The lowest BCUT2D eigenvalue weighted by atomic mass is 10.2. The number of aryl methyl sites for hydroxylation is 1. The predicted octanol–water partition coefficient (Wildman–Crippen LogP) is 4.16. The van der Waals surface area contributed by atoms with Gasteiger partial charge in [0, 0.05) is 11.8 Å². The van der Waals surface area contributed by atoms with Crippen LogP contribution in [0.3, 0.4) is 0 Å². The summed E-state index contributed by atoms with van der Waals surface area (Å²) in [6.07, 6.45) is 0. The molecular weight excluding hydrogens is 454 g/mol. The minimum absolute atomic E-state index is 0.0490. The van der Waals surface area contributed by atoms with Crippen molar-refractivity contribution < 1.29 is 19.0 Å². The first-order chi connectivity index (χ1) is 16.5. The number of nitrogens with one attached hydrogen (secondary N) is 1. The molecule has 9 heteroatoms. The summed E-state index contributed by atoms with van der Waals surface area (Å²) in [7, 11) is 1.55. The molecule has 4 aromatic rings. The van der Waals surface area contributed by atoms with Crippen LogP contribution in [0.2, 0.25) is 0 Å². The van der Waals surface area contributed by atoms with Crippen LogP contribution in [-0.4, -0.2) is 35.1 Å². The largest absolute Gasteiger partial charge is 0.495 e. The number of rotatable bonds is 6. The van der Waals surface area contributed by atoms with E-state index in [1.165, 1.54) is 16.3 Å². The van der Waals surface area contributed by atoms with Gasteiger partial charge in [-0.1, -0.05) is 30.0 Å². The fourth-order valence-electron chi connectivity index (χ4n) is 3.70. The maximum Gasteiger partial charge on any atom is 0.266 e. The van der Waals surface area contributed by atoms with E-state index in [-0.39, 0.29) is 24.0 Å². The minimum Gasteiger partial charge on any atom is -0.495 e. The molecule has 0 aliphatic carbocycles. The van der Waals surface area contributed by atoms with Gasteiger partial charge < -0.3 is 19.5 Å². The second-order valence-corrected chi connectivity index (χ2v) is 8.57. The summed E-state index contributed by atoms with van der Waals surface area (Å²) in [4.78, 5) is 30.9. The van der Waals surface area contributed by atoms with E-state index in [2.05, 4.69) is 5.32 Å². The van der Waals surface area contributed by atoms with E-state index in [9.17, 15) is 9.59 Å². The lowest BCUT2D eigenvalue weighted by Gasteiger charge is -2.16. The van der Waals surface area contributed by atoms with Crippen LogP contribution in [0.4, 0.5) is 5.69 Å². The van der Waals surface area contributed by atoms with Crippen molar-refractivity contribution >= 4 is 34.3 Å². The van der Waals surface area contributed by atoms with E-state index in [1.807, 2.05) is 31.2 Å². The predicted molar refractivity (Wildman–Crippen MR) is 131 cm³/mol. The smallest absolute Gasteiger partial charge is 0.266 e. The molecule has 0 fully saturated rings. The Hall–Kier alpha value is -3.98. The summed E-state index contributed by atoms with van der Waals surface area (Å²) in [6.45, 7) is 2.10. The standard InChI is InChI=1S/C25H21N3O5S/c1-15-7-9-20(31-2)19(11-15)28-24(30)17-5-3-4-6-18(17)27-25(28)34-13-23(29)26-16-8-10-21-22(12-16)33-14-32-21/h3-12H,13-14H2,1-2H3,(H,26,29). The molecule has 8 nitrogen and oxygen atoms in total. The third-order valence-electron chi connectivity index (χ3n) is 5.31. The highest BCUT2D eigenvalue weighted by Crippen LogP contribution is 2.34. The van der Waals surface area contributed by atoms with Crippen molar-refractivity contribution in [2.45, 2.75) is 12.1 Å². The molecule has 1 N–H and O–H groups in total. The number of nitrogens with zero attached hydrogens (tertiary/aromatic N) is 2. The number of hydrogen-bond donors (Lipinski definition) is 1. The molecule has 5 rings (SSSR count). The van der Waals surface area contributed by atoms with Crippen LogP contribution in [0.25, 0.3) is 16.6 Å². The first kappa shape index (κ1) is 21.8. The van der Waals surface area contributed by atoms with Crippen LogP contribution in [0.15, 0.2) is 70.6 Å². The van der Waals surface area contributed by atoms with Crippen molar-refractivity contribution in [2.24, 2.45) is 0 Å². The van der Waals surface area contributed by atoms with Gasteiger partial charge in [0.1, 0.15) is 5.75 Å². The SMILES string of the molecule is COc1ccc(C)cc1-n1c(SCC(=O)Nc2ccc3c(c2)OCO3)nc2ccccc2c1=O. The normalized spacial score (nSPS) is 12.1. The van der Waals surface area contributed by atoms with Crippen molar-refractivity contribution in [2.75, 3.05) is 25.0 Å². The minimum atomic E-state index is -0.242. The lowest BCUT2D eigenvalue weighted by Crippen LogP contribution is -2.23. The van der Waals surface area contributed by atoms with Gasteiger partial charge in [0.15, 0.2) is 16.7 Å². The number of carbonyl (C=O) groups is 1. The third kappa shape index (κ3) is 4.17. The van der Waals surface area contributed by atoms with Crippen LogP contribution in [0.1, 0.15) is 5.56 Å². The molecule has 34 heavy (non-hydrogen) atoms. The Morgan fingerprint density at radius 1 is 1.12 bits per heavy atom. The zero-order valence-corrected chi connectivity index (χ0v) is 19.3. The summed E-state index contributed by atoms with van der Waals surface area (Å²) in [5.41, 5.74) is 2.47. The molecule has 2 heterocycles. The highest BCUT2D eigenvalue weighted by Gasteiger charge is 2.19. The van der Waals surface area contributed by atoms with Crippen molar-refractivity contribution in [1.29, 1.82) is 0 Å². The van der Waals surface area contributed by atoms with E-state index in [0.717, 1.165) is 5.56 Å². The number of fused-ring (bicyclic) bond motifs is 2. The second kappa shape index (κ2) is 9.11. The molecule has 0 saturated carbocycles. The molecule has 0 unspecified atom stereocenters. The van der Waals surface area contributed by atoms with Crippen LogP contribution >= 0.6 is 11.8 Å². The van der Waals surface area contributed by atoms with Gasteiger partial charge in [-0.05, 0) is 48.9 Å². The third-order valence-corrected chi connectivity index (χ3v) is 6.25. The maximum absolute atomic E-state index is 13.5. The number of para-hydroxylation sites is 1. The Kier molecular flexibility index (Phi) is 5.85. The van der Waals surface area contributed by atoms with Gasteiger partial charge in [-0.15, -0.1) is 0 Å². The average Bonchev–Trinajstić information content (AvgIpc) is 3.31. The van der Waals surface area contributed by atoms with E-state index in [1.54, 1.807) is 43.5 Å². The number of benzene rings is 3. The fourth-order valence-corrected chi connectivity index (χ4v) is 4.50. The number of carbonyl (C=O) groups excluding carboxylic acids is 1. The molecule has 1 aliphatic rings. The average molecular weight is 476 g/mol. The van der Waals surface area contributed by atoms with Crippen molar-refractivity contribution in [3.8, 4) is 22.9 Å². The van der Waals surface area contributed by atoms with Crippen molar-refractivity contribution in [1.82, 2.24) is 9.55 Å². The lowest BCUT2D eigenvalue weighted by molar-refractivity contribution is -0.113. The summed E-state index contributed by atoms with van der Waals surface area (Å²) in [5, 5.41) is 3.73. The first-order valence-electron chi connectivity index (χ1n) is 10.5. The van der Waals surface area contributed by atoms with Gasteiger partial charge in [-0.3, -0.25) is 14.2 Å². The molecule has 1 aliphatic heterocycles. The number of amides is 1. The van der Waals surface area contributed by atoms with E-state index >= 15 is 0 Å². The van der Waals surface area contributed by atoms with Gasteiger partial charge in [-0.2, -0.15) is 0 Å². The second-order valence-electron chi connectivity index (χ2n) is 7.63.